The van der Waals surface area contributed by atoms with E-state index >= 15 is 0 Å². The van der Waals surface area contributed by atoms with Crippen LogP contribution >= 0.6 is 11.8 Å². The van der Waals surface area contributed by atoms with Crippen molar-refractivity contribution in [1.82, 2.24) is 25.1 Å². The molecular weight excluding hydrogens is 358 g/mol. The van der Waals surface area contributed by atoms with Gasteiger partial charge in [-0.1, -0.05) is 37.9 Å². The van der Waals surface area contributed by atoms with E-state index in [1.807, 2.05) is 4.68 Å². The molecule has 27 heavy (non-hydrogen) atoms. The maximum atomic E-state index is 12.7. The van der Waals surface area contributed by atoms with Crippen LogP contribution in [0.25, 0.3) is 0 Å². The van der Waals surface area contributed by atoms with Crippen LogP contribution in [0.15, 0.2) is 5.16 Å². The number of carbonyl (C=O) groups is 1. The van der Waals surface area contributed by atoms with Crippen LogP contribution in [0.3, 0.4) is 0 Å². The van der Waals surface area contributed by atoms with Gasteiger partial charge in [0.1, 0.15) is 0 Å². The Morgan fingerprint density at radius 1 is 1.15 bits per heavy atom. The van der Waals surface area contributed by atoms with E-state index in [2.05, 4.69) is 34.3 Å². The van der Waals surface area contributed by atoms with Crippen LogP contribution in [-0.4, -0.2) is 49.4 Å². The van der Waals surface area contributed by atoms with Crippen molar-refractivity contribution in [3.63, 3.8) is 0 Å². The first-order valence-electron chi connectivity index (χ1n) is 10.9. The maximum Gasteiger partial charge on any atom is 0.222 e. The van der Waals surface area contributed by atoms with Crippen molar-refractivity contribution >= 4 is 17.7 Å². The second kappa shape index (κ2) is 10.4. The standard InChI is InChI=1S/C20H35N5OS/c1-3-24(17-13-11-16(2)12-14-17)19(26)10-7-15-27-20-21-22-23-25(20)18-8-5-4-6-9-18/h16-18H,3-15H2,1-2H3. The molecule has 0 aromatic carbocycles. The van der Waals surface area contributed by atoms with E-state index in [0.717, 1.165) is 29.8 Å². The van der Waals surface area contributed by atoms with Gasteiger partial charge < -0.3 is 4.90 Å². The molecule has 152 valence electrons. The second-order valence-corrected chi connectivity index (χ2v) is 9.31. The van der Waals surface area contributed by atoms with Crippen molar-refractivity contribution in [3.05, 3.63) is 0 Å². The smallest absolute Gasteiger partial charge is 0.222 e. The Morgan fingerprint density at radius 2 is 1.89 bits per heavy atom. The highest BCUT2D eigenvalue weighted by Gasteiger charge is 2.26. The average molecular weight is 394 g/mol. The van der Waals surface area contributed by atoms with Gasteiger partial charge in [0.2, 0.25) is 11.1 Å². The van der Waals surface area contributed by atoms with Gasteiger partial charge in [0.25, 0.3) is 0 Å². The molecule has 0 spiro atoms. The number of aromatic nitrogens is 4. The fourth-order valence-electron chi connectivity index (χ4n) is 4.56. The third-order valence-electron chi connectivity index (χ3n) is 6.24. The molecule has 0 aliphatic heterocycles. The molecule has 0 unspecified atom stereocenters. The zero-order valence-corrected chi connectivity index (χ0v) is 17.8. The van der Waals surface area contributed by atoms with E-state index in [1.165, 1.54) is 57.8 Å². The molecule has 2 aliphatic carbocycles. The molecule has 2 aliphatic rings. The molecule has 6 nitrogen and oxygen atoms in total. The largest absolute Gasteiger partial charge is 0.340 e. The summed E-state index contributed by atoms with van der Waals surface area (Å²) in [4.78, 5) is 14.8. The summed E-state index contributed by atoms with van der Waals surface area (Å²) in [7, 11) is 0. The van der Waals surface area contributed by atoms with E-state index in [9.17, 15) is 4.79 Å². The van der Waals surface area contributed by atoms with E-state index in [-0.39, 0.29) is 0 Å². The van der Waals surface area contributed by atoms with Crippen molar-refractivity contribution in [2.75, 3.05) is 12.3 Å². The van der Waals surface area contributed by atoms with E-state index in [0.29, 0.717) is 24.4 Å². The van der Waals surface area contributed by atoms with Crippen LogP contribution in [0.4, 0.5) is 0 Å². The number of hydrogen-bond donors (Lipinski definition) is 0. The molecule has 0 radical (unpaired) electrons. The lowest BCUT2D eigenvalue weighted by atomic mass is 9.86. The Kier molecular flexibility index (Phi) is 7.97. The minimum Gasteiger partial charge on any atom is -0.340 e. The van der Waals surface area contributed by atoms with Crippen LogP contribution in [0.5, 0.6) is 0 Å². The van der Waals surface area contributed by atoms with Crippen molar-refractivity contribution in [1.29, 1.82) is 0 Å². The van der Waals surface area contributed by atoms with Crippen molar-refractivity contribution in [2.24, 2.45) is 5.92 Å². The predicted molar refractivity (Wildman–Crippen MR) is 109 cm³/mol. The molecule has 1 heterocycles. The molecule has 3 rings (SSSR count). The number of carbonyl (C=O) groups excluding carboxylic acids is 1. The summed E-state index contributed by atoms with van der Waals surface area (Å²) in [6.45, 7) is 5.28. The minimum absolute atomic E-state index is 0.324. The van der Waals surface area contributed by atoms with Crippen LogP contribution in [-0.2, 0) is 4.79 Å². The molecular formula is C20H35N5OS. The molecule has 0 atom stereocenters. The first-order chi connectivity index (χ1) is 13.2. The Hall–Kier alpha value is -1.11. The van der Waals surface area contributed by atoms with Gasteiger partial charge in [-0.05, 0) is 68.2 Å². The predicted octanol–water partition coefficient (Wildman–Crippen LogP) is 4.48. The highest BCUT2D eigenvalue weighted by molar-refractivity contribution is 7.99. The third-order valence-corrected chi connectivity index (χ3v) is 7.26. The zero-order valence-electron chi connectivity index (χ0n) is 17.0. The van der Waals surface area contributed by atoms with E-state index in [1.54, 1.807) is 11.8 Å². The van der Waals surface area contributed by atoms with Crippen LogP contribution < -0.4 is 0 Å². The molecule has 1 amide bonds. The maximum absolute atomic E-state index is 12.7. The first-order valence-corrected chi connectivity index (χ1v) is 11.9. The molecule has 1 aromatic heterocycles. The fourth-order valence-corrected chi connectivity index (χ4v) is 5.44. The van der Waals surface area contributed by atoms with Gasteiger partial charge in [0, 0.05) is 24.8 Å². The lowest BCUT2D eigenvalue weighted by molar-refractivity contribution is -0.134. The summed E-state index contributed by atoms with van der Waals surface area (Å²) in [5.41, 5.74) is 0. The molecule has 0 saturated heterocycles. The molecule has 2 fully saturated rings. The molecule has 0 N–H and O–H groups in total. The number of nitrogens with zero attached hydrogens (tertiary/aromatic N) is 5. The summed E-state index contributed by atoms with van der Waals surface area (Å²) in [6.07, 6.45) is 12.6. The van der Waals surface area contributed by atoms with Gasteiger partial charge in [0.05, 0.1) is 6.04 Å². The number of rotatable bonds is 8. The summed E-state index contributed by atoms with van der Waals surface area (Å²) in [5.74, 6) is 2.05. The lowest BCUT2D eigenvalue weighted by Gasteiger charge is -2.35. The van der Waals surface area contributed by atoms with Crippen molar-refractivity contribution < 1.29 is 4.79 Å². The lowest BCUT2D eigenvalue weighted by Crippen LogP contribution is -2.42. The topological polar surface area (TPSA) is 63.9 Å². The third kappa shape index (κ3) is 5.69. The highest BCUT2D eigenvalue weighted by Crippen LogP contribution is 2.31. The van der Waals surface area contributed by atoms with Gasteiger partial charge in [-0.3, -0.25) is 4.79 Å². The summed E-state index contributed by atoms with van der Waals surface area (Å²) >= 11 is 1.70. The first kappa shape index (κ1) is 20.6. The average Bonchev–Trinajstić information content (AvgIpc) is 3.16. The minimum atomic E-state index is 0.324. The second-order valence-electron chi connectivity index (χ2n) is 8.24. The summed E-state index contributed by atoms with van der Waals surface area (Å²) in [5, 5.41) is 13.2. The van der Waals surface area contributed by atoms with Gasteiger partial charge in [-0.25, -0.2) is 4.68 Å². The van der Waals surface area contributed by atoms with Crippen LogP contribution in [0, 0.1) is 5.92 Å². The Morgan fingerprint density at radius 3 is 2.59 bits per heavy atom. The number of thioether (sulfide) groups is 1. The van der Waals surface area contributed by atoms with Crippen molar-refractivity contribution in [3.8, 4) is 0 Å². The molecule has 2 saturated carbocycles. The van der Waals surface area contributed by atoms with Gasteiger partial charge in [0.15, 0.2) is 0 Å². The SMILES string of the molecule is CCN(C(=O)CCCSc1nnnn1C1CCCCC1)C1CCC(C)CC1. The Bertz CT molecular complexity index is 579. The van der Waals surface area contributed by atoms with Gasteiger partial charge >= 0.3 is 0 Å². The van der Waals surface area contributed by atoms with Crippen molar-refractivity contribution in [2.45, 2.75) is 102 Å². The molecule has 0 bridgehead atoms. The molecule has 7 heteroatoms. The number of hydrogen-bond acceptors (Lipinski definition) is 5. The Labute approximate surface area is 167 Å². The zero-order chi connectivity index (χ0) is 19.1. The van der Waals surface area contributed by atoms with Gasteiger partial charge in [-0.2, -0.15) is 0 Å². The fraction of sp³-hybridized carbons (Fsp3) is 0.900. The summed E-state index contributed by atoms with van der Waals surface area (Å²) < 4.78 is 2.02. The normalized spacial score (nSPS) is 24.1. The molecule has 1 aromatic rings. The van der Waals surface area contributed by atoms with Crippen LogP contribution in [0.2, 0.25) is 0 Å². The number of amides is 1. The monoisotopic (exact) mass is 393 g/mol. The van der Waals surface area contributed by atoms with E-state index < -0.39 is 0 Å². The Balaban J connectivity index is 1.42. The number of tetrazole rings is 1. The summed E-state index contributed by atoms with van der Waals surface area (Å²) in [6, 6.07) is 0.923. The van der Waals surface area contributed by atoms with E-state index in [4.69, 9.17) is 0 Å². The van der Waals surface area contributed by atoms with Gasteiger partial charge in [-0.15, -0.1) is 5.10 Å². The quantitative estimate of drug-likeness (QED) is 0.481. The highest BCUT2D eigenvalue weighted by atomic mass is 32.2. The van der Waals surface area contributed by atoms with Crippen LogP contribution in [0.1, 0.15) is 90.5 Å².